The summed E-state index contributed by atoms with van der Waals surface area (Å²) < 4.78 is 27.7. The Morgan fingerprint density at radius 1 is 1.35 bits per heavy atom. The first-order valence-corrected chi connectivity index (χ1v) is 6.16. The zero-order valence-electron chi connectivity index (χ0n) is 9.12. The lowest BCUT2D eigenvalue weighted by Gasteiger charge is -2.04. The number of nitrogens with one attached hydrogen (secondary N) is 1. The van der Waals surface area contributed by atoms with E-state index in [1.807, 2.05) is 12.3 Å². The number of benzene rings is 1. The minimum atomic E-state index is -3.84. The van der Waals surface area contributed by atoms with Crippen molar-refractivity contribution >= 4 is 10.1 Å². The lowest BCUT2D eigenvalue weighted by Crippen LogP contribution is -2.26. The van der Waals surface area contributed by atoms with Crippen molar-refractivity contribution in [2.24, 2.45) is 0 Å². The summed E-state index contributed by atoms with van der Waals surface area (Å²) in [5.41, 5.74) is 2.74. The minimum absolute atomic E-state index is 0.0317. The first-order chi connectivity index (χ1) is 7.92. The molecule has 94 valence electrons. The average Bonchev–Trinajstić information content (AvgIpc) is 2.25. The van der Waals surface area contributed by atoms with Crippen LogP contribution in [-0.4, -0.2) is 26.6 Å². The normalized spacial score (nSPS) is 11.1. The van der Waals surface area contributed by atoms with E-state index in [-0.39, 0.29) is 18.0 Å². The molecule has 1 aromatic carbocycles. The first kappa shape index (κ1) is 13.4. The van der Waals surface area contributed by atoms with Gasteiger partial charge < -0.3 is 0 Å². The summed E-state index contributed by atoms with van der Waals surface area (Å²) in [4.78, 5) is 9.95. The summed E-state index contributed by atoms with van der Waals surface area (Å²) in [6, 6.07) is 6.13. The third-order valence-corrected chi connectivity index (χ3v) is 3.22. The lowest BCUT2D eigenvalue weighted by molar-refractivity contribution is -0.544. The maximum atomic E-state index is 11.6. The van der Waals surface area contributed by atoms with E-state index in [9.17, 15) is 18.5 Å². The van der Waals surface area contributed by atoms with Gasteiger partial charge >= 0.3 is 0 Å². The molecule has 0 heterocycles. The molecule has 0 aliphatic rings. The monoisotopic (exact) mass is 260 g/mol. The molecule has 0 atom stereocenters. The molecule has 1 N–H and O–H groups in total. The second-order valence-electron chi connectivity index (χ2n) is 3.25. The minimum Gasteiger partial charge on any atom is -0.264 e. The van der Waals surface area contributed by atoms with Gasteiger partial charge in [-0.1, -0.05) is 17.7 Å². The van der Waals surface area contributed by atoms with Gasteiger partial charge in [0.15, 0.2) is 5.03 Å². The van der Waals surface area contributed by atoms with Gasteiger partial charge in [-0.25, -0.2) is 10.1 Å². The highest BCUT2D eigenvalue weighted by Gasteiger charge is 2.14. The van der Waals surface area contributed by atoms with Gasteiger partial charge in [-0.3, -0.25) is 4.18 Å². The van der Waals surface area contributed by atoms with Crippen LogP contribution in [0.15, 0.2) is 29.2 Å². The van der Waals surface area contributed by atoms with E-state index in [2.05, 4.69) is 4.18 Å². The van der Waals surface area contributed by atoms with Gasteiger partial charge in [0, 0.05) is 0 Å². The number of nitrogens with zero attached hydrogens (tertiary/aromatic N) is 1. The van der Waals surface area contributed by atoms with Gasteiger partial charge in [0.25, 0.3) is 10.1 Å². The molecule has 8 heteroatoms. The van der Waals surface area contributed by atoms with E-state index >= 15 is 0 Å². The Bertz CT molecular complexity index is 483. The molecule has 7 nitrogen and oxygen atoms in total. The molecule has 0 aliphatic heterocycles. The van der Waals surface area contributed by atoms with Crippen LogP contribution in [0.25, 0.3) is 0 Å². The Balaban J connectivity index is 2.57. The van der Waals surface area contributed by atoms with Gasteiger partial charge in [0.05, 0.1) is 11.5 Å². The van der Waals surface area contributed by atoms with E-state index in [0.717, 1.165) is 5.56 Å². The number of hydrazine groups is 1. The fraction of sp³-hybridized carbons (Fsp3) is 0.333. The molecule has 0 saturated carbocycles. The molecule has 1 aromatic rings. The van der Waals surface area contributed by atoms with E-state index < -0.39 is 15.2 Å². The Morgan fingerprint density at radius 2 is 1.94 bits per heavy atom. The predicted octanol–water partition coefficient (Wildman–Crippen LogP) is 0.482. The summed E-state index contributed by atoms with van der Waals surface area (Å²) in [5, 5.41) is 9.16. The molecule has 0 saturated heterocycles. The Morgan fingerprint density at radius 3 is 2.47 bits per heavy atom. The highest BCUT2D eigenvalue weighted by molar-refractivity contribution is 7.86. The van der Waals surface area contributed by atoms with E-state index in [1.165, 1.54) is 12.1 Å². The maximum absolute atomic E-state index is 11.6. The fourth-order valence-corrected chi connectivity index (χ4v) is 1.97. The molecule has 0 radical (unpaired) electrons. The SMILES string of the molecule is Cc1ccc(S(=O)(=O)OCCN[N+](=O)[O-])cc1. The molecular weight excluding hydrogens is 248 g/mol. The van der Waals surface area contributed by atoms with Gasteiger partial charge in [0.2, 0.25) is 0 Å². The van der Waals surface area contributed by atoms with Crippen molar-refractivity contribution < 1.29 is 17.6 Å². The van der Waals surface area contributed by atoms with Crippen LogP contribution in [0.1, 0.15) is 5.56 Å². The molecule has 17 heavy (non-hydrogen) atoms. The van der Waals surface area contributed by atoms with Gasteiger partial charge in [-0.15, -0.1) is 5.43 Å². The summed E-state index contributed by atoms with van der Waals surface area (Å²) >= 11 is 0. The van der Waals surface area contributed by atoms with Crippen molar-refractivity contribution in [3.63, 3.8) is 0 Å². The molecule has 0 amide bonds. The van der Waals surface area contributed by atoms with Crippen LogP contribution in [0, 0.1) is 17.0 Å². The zero-order valence-corrected chi connectivity index (χ0v) is 9.94. The summed E-state index contributed by atoms with van der Waals surface area (Å²) in [6.45, 7) is 1.35. The van der Waals surface area contributed by atoms with Crippen molar-refractivity contribution in [2.45, 2.75) is 11.8 Å². The molecule has 0 aliphatic carbocycles. The number of hydrogen-bond donors (Lipinski definition) is 1. The predicted molar refractivity (Wildman–Crippen MR) is 59.3 cm³/mol. The number of nitro groups is 1. The van der Waals surface area contributed by atoms with E-state index in [1.54, 1.807) is 12.1 Å². The van der Waals surface area contributed by atoms with Crippen molar-refractivity contribution in [1.82, 2.24) is 5.43 Å². The van der Waals surface area contributed by atoms with Crippen molar-refractivity contribution in [3.8, 4) is 0 Å². The van der Waals surface area contributed by atoms with Crippen LogP contribution in [0.3, 0.4) is 0 Å². The molecule has 0 bridgehead atoms. The Kier molecular flexibility index (Phi) is 4.41. The van der Waals surface area contributed by atoms with Crippen LogP contribution in [0.5, 0.6) is 0 Å². The van der Waals surface area contributed by atoms with E-state index in [4.69, 9.17) is 0 Å². The summed E-state index contributed by atoms with van der Waals surface area (Å²) in [6.07, 6.45) is 0. The summed E-state index contributed by atoms with van der Waals surface area (Å²) in [5.74, 6) is 0. The number of rotatable bonds is 6. The second kappa shape index (κ2) is 5.60. The first-order valence-electron chi connectivity index (χ1n) is 4.76. The van der Waals surface area contributed by atoms with Crippen LogP contribution < -0.4 is 5.43 Å². The third-order valence-electron chi connectivity index (χ3n) is 1.89. The van der Waals surface area contributed by atoms with Crippen LogP contribution in [0.2, 0.25) is 0 Å². The largest absolute Gasteiger partial charge is 0.297 e. The fourth-order valence-electron chi connectivity index (χ4n) is 1.06. The highest BCUT2D eigenvalue weighted by Crippen LogP contribution is 2.12. The summed E-state index contributed by atoms with van der Waals surface area (Å²) in [7, 11) is -3.84. The maximum Gasteiger partial charge on any atom is 0.297 e. The molecule has 0 fully saturated rings. The molecule has 0 aromatic heterocycles. The molecule has 0 unspecified atom stereocenters. The zero-order chi connectivity index (χ0) is 12.9. The standard InChI is InChI=1S/C9H12N2O5S/c1-8-2-4-9(5-3-8)17(14,15)16-7-6-10-11(12)13/h2-5,10H,6-7H2,1H3. The molecule has 1 rings (SSSR count). The number of aryl methyl sites for hydroxylation is 1. The topological polar surface area (TPSA) is 98.5 Å². The van der Waals surface area contributed by atoms with Gasteiger partial charge in [0.1, 0.15) is 6.54 Å². The van der Waals surface area contributed by atoms with Crippen molar-refractivity contribution in [1.29, 1.82) is 0 Å². The Hall–Kier alpha value is -1.67. The Labute approximate surface area is 98.6 Å². The quantitative estimate of drug-likeness (QED) is 0.346. The van der Waals surface area contributed by atoms with Crippen LogP contribution >= 0.6 is 0 Å². The van der Waals surface area contributed by atoms with Crippen LogP contribution in [0.4, 0.5) is 0 Å². The average molecular weight is 260 g/mol. The van der Waals surface area contributed by atoms with Crippen molar-refractivity contribution in [3.05, 3.63) is 39.9 Å². The van der Waals surface area contributed by atoms with Gasteiger partial charge in [-0.05, 0) is 19.1 Å². The van der Waals surface area contributed by atoms with Gasteiger partial charge in [-0.2, -0.15) is 8.42 Å². The molecular formula is C9H12N2O5S. The highest BCUT2D eigenvalue weighted by atomic mass is 32.2. The molecule has 0 spiro atoms. The lowest BCUT2D eigenvalue weighted by atomic mass is 10.2. The van der Waals surface area contributed by atoms with E-state index in [0.29, 0.717) is 0 Å². The van der Waals surface area contributed by atoms with Crippen molar-refractivity contribution in [2.75, 3.05) is 13.2 Å². The second-order valence-corrected chi connectivity index (χ2v) is 4.87. The van der Waals surface area contributed by atoms with Crippen LogP contribution in [-0.2, 0) is 14.3 Å². The third kappa shape index (κ3) is 4.37. The smallest absolute Gasteiger partial charge is 0.264 e. The number of hydrogen-bond acceptors (Lipinski definition) is 5.